The van der Waals surface area contributed by atoms with E-state index in [2.05, 4.69) is 0 Å². The molecule has 204 valence electrons. The van der Waals surface area contributed by atoms with Crippen molar-refractivity contribution in [2.75, 3.05) is 4.31 Å². The van der Waals surface area contributed by atoms with Crippen molar-refractivity contribution in [3.8, 4) is 16.9 Å². The van der Waals surface area contributed by atoms with Gasteiger partial charge in [-0.05, 0) is 63.7 Å². The van der Waals surface area contributed by atoms with E-state index in [-0.39, 0.29) is 5.56 Å². The van der Waals surface area contributed by atoms with Gasteiger partial charge >= 0.3 is 12.1 Å². The maximum atomic E-state index is 14.1. The number of fused-ring (bicyclic) bond motifs is 1. The summed E-state index contributed by atoms with van der Waals surface area (Å²) in [7, 11) is 0. The number of carboxylic acid groups (broad SMARTS) is 1. The summed E-state index contributed by atoms with van der Waals surface area (Å²) in [5.41, 5.74) is -0.280. The molecule has 6 nitrogen and oxygen atoms in total. The number of carboxylic acids is 1. The Morgan fingerprint density at radius 2 is 1.56 bits per heavy atom. The molecule has 0 fully saturated rings. The molecular formula is C29H26F3NO5S. The van der Waals surface area contributed by atoms with E-state index in [0.717, 1.165) is 28.5 Å². The Labute approximate surface area is 226 Å². The second kappa shape index (κ2) is 11.5. The number of alkyl halides is 3. The summed E-state index contributed by atoms with van der Waals surface area (Å²) in [6.45, 7) is 3.21. The predicted octanol–water partition coefficient (Wildman–Crippen LogP) is 7.16. The highest BCUT2D eigenvalue weighted by Crippen LogP contribution is 2.41. The van der Waals surface area contributed by atoms with Gasteiger partial charge in [-0.25, -0.2) is 9.00 Å². The number of benzene rings is 4. The van der Waals surface area contributed by atoms with Gasteiger partial charge in [0.15, 0.2) is 0 Å². The Bertz CT molecular complexity index is 1510. The molecular weight excluding hydrogens is 531 g/mol. The minimum atomic E-state index is -4.91. The third kappa shape index (κ3) is 6.40. The summed E-state index contributed by atoms with van der Waals surface area (Å²) in [5.74, 6) is -1.73. The molecule has 2 N–H and O–H groups in total. The van der Waals surface area contributed by atoms with Crippen molar-refractivity contribution in [3.05, 3.63) is 96.1 Å². The molecule has 10 heteroatoms. The summed E-state index contributed by atoms with van der Waals surface area (Å²) in [6, 6.07) is 22.0. The monoisotopic (exact) mass is 557 g/mol. The average molecular weight is 558 g/mol. The molecule has 0 aliphatic rings. The molecule has 0 amide bonds. The zero-order valence-electron chi connectivity index (χ0n) is 21.1. The van der Waals surface area contributed by atoms with Gasteiger partial charge in [-0.1, -0.05) is 68.4 Å². The van der Waals surface area contributed by atoms with Crippen LogP contribution >= 0.6 is 0 Å². The Kier molecular flexibility index (Phi) is 8.27. The third-order valence-corrected chi connectivity index (χ3v) is 7.01. The van der Waals surface area contributed by atoms with E-state index < -0.39 is 46.6 Å². The van der Waals surface area contributed by atoms with Crippen molar-refractivity contribution in [2.45, 2.75) is 32.7 Å². The van der Waals surface area contributed by atoms with Crippen LogP contribution in [0.5, 0.6) is 5.75 Å². The number of rotatable bonds is 9. The van der Waals surface area contributed by atoms with Gasteiger partial charge in [-0.2, -0.15) is 13.2 Å². The summed E-state index contributed by atoms with van der Waals surface area (Å²) in [5, 5.41) is 11.8. The molecule has 0 bridgehead atoms. The number of halogens is 3. The number of aliphatic carboxylic acids is 1. The van der Waals surface area contributed by atoms with Crippen LogP contribution in [0.15, 0.2) is 84.9 Å². The normalized spacial score (nSPS) is 13.3. The van der Waals surface area contributed by atoms with Crippen LogP contribution in [0.2, 0.25) is 0 Å². The van der Waals surface area contributed by atoms with Gasteiger partial charge in [0, 0.05) is 0 Å². The van der Waals surface area contributed by atoms with Crippen LogP contribution in [0.25, 0.3) is 21.9 Å². The van der Waals surface area contributed by atoms with E-state index in [0.29, 0.717) is 22.2 Å². The maximum absolute atomic E-state index is 14.1. The van der Waals surface area contributed by atoms with Crippen LogP contribution in [-0.2, 0) is 28.8 Å². The summed E-state index contributed by atoms with van der Waals surface area (Å²) >= 11 is -3.02. The zero-order valence-corrected chi connectivity index (χ0v) is 21.9. The summed E-state index contributed by atoms with van der Waals surface area (Å²) in [6.07, 6.45) is -4.91. The van der Waals surface area contributed by atoms with E-state index in [1.54, 1.807) is 24.3 Å². The molecule has 0 aromatic heterocycles. The molecule has 0 spiro atoms. The lowest BCUT2D eigenvalue weighted by atomic mass is 9.99. The van der Waals surface area contributed by atoms with Crippen molar-refractivity contribution >= 4 is 33.7 Å². The first kappa shape index (κ1) is 28.1. The molecule has 4 rings (SSSR count). The van der Waals surface area contributed by atoms with E-state index in [1.807, 2.05) is 42.5 Å². The minimum Gasteiger partial charge on any atom is -0.489 e. The predicted molar refractivity (Wildman–Crippen MR) is 145 cm³/mol. The molecule has 2 unspecified atom stereocenters. The van der Waals surface area contributed by atoms with Gasteiger partial charge < -0.3 is 9.84 Å². The fraction of sp³-hybridized carbons (Fsp3) is 0.207. The number of ether oxygens (including phenoxy) is 1. The molecule has 39 heavy (non-hydrogen) atoms. The first-order valence-electron chi connectivity index (χ1n) is 12.0. The van der Waals surface area contributed by atoms with Crippen molar-refractivity contribution in [1.29, 1.82) is 0 Å². The van der Waals surface area contributed by atoms with Crippen molar-refractivity contribution < 1.29 is 36.6 Å². The maximum Gasteiger partial charge on any atom is 0.418 e. The Morgan fingerprint density at radius 1 is 0.923 bits per heavy atom. The highest BCUT2D eigenvalue weighted by molar-refractivity contribution is 7.80. The topological polar surface area (TPSA) is 87.1 Å². The minimum absolute atomic E-state index is 0.201. The average Bonchev–Trinajstić information content (AvgIpc) is 2.89. The second-order valence-electron chi connectivity index (χ2n) is 9.31. The van der Waals surface area contributed by atoms with Crippen LogP contribution in [0.4, 0.5) is 18.9 Å². The van der Waals surface area contributed by atoms with E-state index in [9.17, 15) is 31.8 Å². The standard InChI is InChI=1S/C29H26F3NO5S/c1-18(2)27(28(34)35)33(39(36)37)26-14-11-23(16-25(26)29(30,31)32)21-9-12-24(13-10-21)38-17-19-7-8-20-5-3-4-6-22(20)15-19/h3-16,18,27H,17H2,1-2H3,(H,34,35)(H,36,37). The molecule has 0 aliphatic carbocycles. The van der Waals surface area contributed by atoms with E-state index in [1.165, 1.54) is 19.9 Å². The van der Waals surface area contributed by atoms with Crippen LogP contribution < -0.4 is 9.04 Å². The molecule has 0 radical (unpaired) electrons. The highest BCUT2D eigenvalue weighted by atomic mass is 32.2. The first-order chi connectivity index (χ1) is 18.5. The molecule has 4 aromatic rings. The van der Waals surface area contributed by atoms with E-state index >= 15 is 0 Å². The first-order valence-corrected chi connectivity index (χ1v) is 13.1. The number of anilines is 1. The highest BCUT2D eigenvalue weighted by Gasteiger charge is 2.40. The number of hydrogen-bond acceptors (Lipinski definition) is 3. The lowest BCUT2D eigenvalue weighted by Gasteiger charge is -2.31. The van der Waals surface area contributed by atoms with Gasteiger partial charge in [0.2, 0.25) is 0 Å². The van der Waals surface area contributed by atoms with Crippen LogP contribution in [0.1, 0.15) is 25.0 Å². The molecule has 0 saturated carbocycles. The molecule has 2 atom stereocenters. The zero-order chi connectivity index (χ0) is 28.3. The lowest BCUT2D eigenvalue weighted by molar-refractivity contribution is -0.140. The molecule has 0 aliphatic heterocycles. The Hall–Kier alpha value is -3.89. The fourth-order valence-corrected chi connectivity index (χ4v) is 5.22. The number of carbonyl (C=O) groups is 1. The quantitative estimate of drug-likeness (QED) is 0.213. The molecule has 0 heterocycles. The van der Waals surface area contributed by atoms with Gasteiger partial charge in [-0.3, -0.25) is 8.86 Å². The van der Waals surface area contributed by atoms with Crippen LogP contribution in [0, 0.1) is 5.92 Å². The van der Waals surface area contributed by atoms with Crippen molar-refractivity contribution in [1.82, 2.24) is 0 Å². The number of nitrogens with zero attached hydrogens (tertiary/aromatic N) is 1. The van der Waals surface area contributed by atoms with Gasteiger partial charge in [-0.15, -0.1) is 0 Å². The van der Waals surface area contributed by atoms with Crippen molar-refractivity contribution in [3.63, 3.8) is 0 Å². The Balaban J connectivity index is 1.60. The van der Waals surface area contributed by atoms with Gasteiger partial charge in [0.25, 0.3) is 11.3 Å². The molecule has 4 aromatic carbocycles. The van der Waals surface area contributed by atoms with E-state index in [4.69, 9.17) is 4.74 Å². The van der Waals surface area contributed by atoms with Gasteiger partial charge in [0.05, 0.1) is 11.3 Å². The Morgan fingerprint density at radius 3 is 2.15 bits per heavy atom. The van der Waals surface area contributed by atoms with Gasteiger partial charge in [0.1, 0.15) is 18.4 Å². The fourth-order valence-electron chi connectivity index (χ4n) is 4.36. The van der Waals surface area contributed by atoms with Crippen molar-refractivity contribution in [2.24, 2.45) is 5.92 Å². The van der Waals surface area contributed by atoms with Crippen LogP contribution in [-0.4, -0.2) is 25.9 Å². The second-order valence-corrected chi connectivity index (χ2v) is 10.2. The third-order valence-electron chi connectivity index (χ3n) is 6.25. The largest absolute Gasteiger partial charge is 0.489 e. The van der Waals surface area contributed by atoms with Crippen LogP contribution in [0.3, 0.4) is 0 Å². The summed E-state index contributed by atoms with van der Waals surface area (Å²) < 4.78 is 70.3. The SMILES string of the molecule is CC(C)C(C(=O)O)N(c1ccc(-c2ccc(OCc3ccc4ccccc4c3)cc2)cc1C(F)(F)F)S(=O)O. The number of hydrogen-bond donors (Lipinski definition) is 2. The lowest BCUT2D eigenvalue weighted by Crippen LogP contribution is -2.46. The molecule has 0 saturated heterocycles. The summed E-state index contributed by atoms with van der Waals surface area (Å²) in [4.78, 5) is 11.8. The smallest absolute Gasteiger partial charge is 0.418 e.